The molecule has 0 aliphatic carbocycles. The smallest absolute Gasteiger partial charge is 0.423 e. The van der Waals surface area contributed by atoms with Crippen molar-refractivity contribution >= 4 is 190 Å². The van der Waals surface area contributed by atoms with E-state index in [0.29, 0.717) is 29.4 Å². The number of halogens is 3. The number of nitrogens with two attached hydrogens (primary N) is 2. The Morgan fingerprint density at radius 2 is 0.489 bits per heavy atom. The molecule has 0 amide bonds. The first-order chi connectivity index (χ1) is 66.8. The monoisotopic (exact) mass is 2130 g/mol. The van der Waals surface area contributed by atoms with Gasteiger partial charge in [0.25, 0.3) is 0 Å². The van der Waals surface area contributed by atoms with Crippen molar-refractivity contribution in [1.29, 1.82) is 0 Å². The van der Waals surface area contributed by atoms with Gasteiger partial charge < -0.3 is 10.0 Å². The molecule has 139 heavy (non-hydrogen) atoms. The van der Waals surface area contributed by atoms with Crippen LogP contribution in [-0.4, -0.2) is 57.1 Å². The average molecular weight is 2140 g/mol. The molecule has 0 aliphatic rings. The van der Waals surface area contributed by atoms with Crippen LogP contribution in [0.15, 0.2) is 512 Å². The van der Waals surface area contributed by atoms with Gasteiger partial charge in [-0.3, -0.25) is 19.2 Å². The van der Waals surface area contributed by atoms with Crippen molar-refractivity contribution < 1.29 is 66.5 Å². The number of Topliss-reactive ketones (excluding diaryl/α,β-unsaturated/α-hetero) is 2. The molecule has 0 saturated carbocycles. The zero-order valence-corrected chi connectivity index (χ0v) is 85.6. The van der Waals surface area contributed by atoms with E-state index < -0.39 is 58.9 Å². The number of carbonyl (C=O) groups is 4. The topological polar surface area (TPSA) is 229 Å². The van der Waals surface area contributed by atoms with Crippen molar-refractivity contribution in [3.63, 3.8) is 0 Å². The second-order valence-corrected chi connectivity index (χ2v) is 44.7. The summed E-state index contributed by atoms with van der Waals surface area (Å²) in [6, 6.07) is 165. The van der Waals surface area contributed by atoms with Gasteiger partial charge in [-0.15, -0.1) is 0 Å². The van der Waals surface area contributed by atoms with Crippen molar-refractivity contribution in [1.82, 2.24) is 0 Å². The first-order valence-electron chi connectivity index (χ1n) is 43.8. The summed E-state index contributed by atoms with van der Waals surface area (Å²) in [5, 5.41) is 44.6. The summed E-state index contributed by atoms with van der Waals surface area (Å²) in [4.78, 5) is 46.5. The number of ketones is 4. The van der Waals surface area contributed by atoms with Gasteiger partial charge in [0, 0.05) is 60.0 Å². The minimum Gasteiger partial charge on any atom is -0.423 e. The van der Waals surface area contributed by atoms with Crippen LogP contribution in [0.25, 0.3) is 11.1 Å². The van der Waals surface area contributed by atoms with Crippen LogP contribution in [-0.2, 0) is 62.9 Å². The summed E-state index contributed by atoms with van der Waals surface area (Å²) >= 11 is 14.9. The van der Waals surface area contributed by atoms with Crippen LogP contribution in [0.2, 0.25) is 10.0 Å². The predicted molar refractivity (Wildman–Crippen MR) is 584 cm³/mol. The molecule has 0 fully saturated rings. The fourth-order valence-electron chi connectivity index (χ4n) is 14.5. The van der Waals surface area contributed by atoms with Crippen LogP contribution in [0, 0.1) is 0 Å². The fourth-order valence-corrected chi connectivity index (χ4v) is 26.1. The molecule has 0 atom stereocenters. The third-order valence-corrected chi connectivity index (χ3v) is 33.9. The van der Waals surface area contributed by atoms with Gasteiger partial charge in [0.2, 0.25) is 20.0 Å². The van der Waals surface area contributed by atoms with E-state index in [9.17, 15) is 36.0 Å². The van der Waals surface area contributed by atoms with Crippen molar-refractivity contribution in [2.75, 3.05) is 0 Å². The molecule has 23 heteroatoms. The quantitative estimate of drug-likeness (QED) is 0.0254. The zero-order valence-electron chi connectivity index (χ0n) is 75.7. The Kier molecular flexibility index (Phi) is 42.5. The first-order valence-corrected chi connectivity index (χ1v) is 53.8. The fraction of sp³-hybridized carbons (Fsp3) is 0.0345. The van der Waals surface area contributed by atoms with Crippen LogP contribution < -0.4 is 79.4 Å². The van der Waals surface area contributed by atoms with Crippen LogP contribution in [0.3, 0.4) is 0 Å². The van der Waals surface area contributed by atoms with Crippen molar-refractivity contribution in [2.24, 2.45) is 10.3 Å². The second kappa shape index (κ2) is 55.0. The molecule has 6 N–H and O–H groups in total. The van der Waals surface area contributed by atoms with Gasteiger partial charge in [-0.1, -0.05) is 476 Å². The molecule has 18 aromatic rings. The van der Waals surface area contributed by atoms with Gasteiger partial charge in [-0.2, -0.15) is 0 Å². The number of hydrogen-bond donors (Lipinski definition) is 4. The summed E-state index contributed by atoms with van der Waals surface area (Å²) in [5.41, 5.74) is 5.20. The van der Waals surface area contributed by atoms with E-state index in [0.717, 1.165) is 26.7 Å². The molecule has 0 aromatic heterocycles. The van der Waals surface area contributed by atoms with Crippen LogP contribution in [0.5, 0.6) is 0 Å². The number of sulfonamides is 2. The molecule has 18 rings (SSSR count). The van der Waals surface area contributed by atoms with Gasteiger partial charge >= 0.3 is 7.12 Å². The number of carbonyl (C=O) groups excluding carboxylic acids is 4. The third kappa shape index (κ3) is 33.0. The minimum absolute atomic E-state index is 0. The summed E-state index contributed by atoms with van der Waals surface area (Å²) in [5.74, 6) is -0.503. The standard InChI is InChI=1S/C22H18ClNO4S.4C18H15P.C13H9BrClNO3S.C9H11BO3.Pd/c1-14(25)11-15-3-2-4-18(12-15)16-5-7-17(8-6-16)22(26)19-9-10-20(23)21(13-19)29(24,27)28;4*1-4-10-16(11-5-1)19(17-12-6-2-7-13-17)18-14-8-3-9-15-18;14-10-4-1-8(2-5-10)13(17)9-3-6-11(15)12(7-9)20(16,18)19;1-7(11)5-8-3-2-4-9(6-8)10(12)13;/h2-10,12-13H,11H2,1H3,(H2,24,27,28);4*1-15H;1-7H,(H2,16,18,19);2-4,6,12-13H,5H2,1H3;. The molecule has 18 aromatic carbocycles. The summed E-state index contributed by atoms with van der Waals surface area (Å²) in [6.45, 7) is 3.05. The molecule has 0 spiro atoms. The van der Waals surface area contributed by atoms with E-state index in [4.69, 9.17) is 43.5 Å². The molecule has 0 unspecified atom stereocenters. The van der Waals surface area contributed by atoms with Crippen LogP contribution in [0.4, 0.5) is 0 Å². The Labute approximate surface area is 852 Å². The molecule has 0 heterocycles. The van der Waals surface area contributed by atoms with Crippen LogP contribution in [0.1, 0.15) is 56.8 Å². The largest absolute Gasteiger partial charge is 0.488 e. The maximum atomic E-state index is 12.7. The van der Waals surface area contributed by atoms with E-state index in [1.54, 1.807) is 79.7 Å². The van der Waals surface area contributed by atoms with Crippen molar-refractivity contribution in [3.8, 4) is 11.1 Å². The Bertz CT molecular complexity index is 6320. The van der Waals surface area contributed by atoms with Gasteiger partial charge in [0.05, 0.1) is 10.0 Å². The van der Waals surface area contributed by atoms with Crippen molar-refractivity contribution in [3.05, 3.63) is 545 Å². The molecule has 0 bridgehead atoms. The molecule has 698 valence electrons. The van der Waals surface area contributed by atoms with Crippen molar-refractivity contribution in [2.45, 2.75) is 36.5 Å². The summed E-state index contributed by atoms with van der Waals surface area (Å²) in [6.07, 6.45) is 0.702. The van der Waals surface area contributed by atoms with E-state index in [1.165, 1.54) is 107 Å². The Balaban J connectivity index is 0.000000157. The van der Waals surface area contributed by atoms with E-state index in [2.05, 4.69) is 380 Å². The zero-order chi connectivity index (χ0) is 97.6. The van der Waals surface area contributed by atoms with Gasteiger partial charge in [0.1, 0.15) is 21.4 Å². The number of primary sulfonamides is 2. The van der Waals surface area contributed by atoms with E-state index >= 15 is 0 Å². The van der Waals surface area contributed by atoms with Gasteiger partial charge in [-0.05, 0) is 198 Å². The third-order valence-electron chi connectivity index (χ3n) is 20.8. The summed E-state index contributed by atoms with van der Waals surface area (Å²) in [7, 11) is -11.3. The predicted octanol–water partition coefficient (Wildman–Crippen LogP) is 20.3. The number of rotatable bonds is 24. The maximum Gasteiger partial charge on any atom is 0.488 e. The molecule has 12 nitrogen and oxygen atoms in total. The Morgan fingerprint density at radius 1 is 0.273 bits per heavy atom. The molecule has 0 radical (unpaired) electrons. The minimum atomic E-state index is -4.04. The molecular formula is C116H98BBrCl2N2O10P4PdS2. The summed E-state index contributed by atoms with van der Waals surface area (Å²) < 4.78 is 46.9. The van der Waals surface area contributed by atoms with E-state index in [-0.39, 0.29) is 74.5 Å². The SMILES string of the molecule is CC(=O)Cc1cccc(-c2ccc(C(=O)c3ccc(Cl)c(S(N)(=O)=O)c3)cc2)c1.CC(=O)Cc1cccc(B(O)O)c1.NS(=O)(=O)c1cc(C(=O)c2ccc(Br)cc2)ccc1Cl.[Pd].c1ccc(P(c2ccccc2)c2ccccc2)cc1.c1ccc(P(c2ccccc2)c2ccccc2)cc1.c1ccc(P(c2ccccc2)c2ccccc2)cc1.c1ccc(P(c2ccccc2)c2ccccc2)cc1. The average Bonchev–Trinajstić information content (AvgIpc) is 0.804. The van der Waals surface area contributed by atoms with Gasteiger partial charge in [0.15, 0.2) is 11.6 Å². The number of benzene rings is 18. The normalized spacial score (nSPS) is 10.7. The Morgan fingerprint density at radius 3 is 0.712 bits per heavy atom. The van der Waals surface area contributed by atoms with Gasteiger partial charge in [-0.25, -0.2) is 27.1 Å². The van der Waals surface area contributed by atoms with E-state index in [1.807, 2.05) is 24.3 Å². The maximum absolute atomic E-state index is 12.7. The van der Waals surface area contributed by atoms with Crippen LogP contribution >= 0.6 is 70.8 Å². The molecule has 0 aliphatic heterocycles. The number of hydrogen-bond acceptors (Lipinski definition) is 10. The Hall–Kier alpha value is -12.1. The molecular weight excluding hydrogens is 2040 g/mol. The first kappa shape index (κ1) is 107. The second-order valence-electron chi connectivity index (χ2n) is 31.1. The molecule has 0 saturated heterocycles.